The molecule has 0 spiro atoms. The lowest BCUT2D eigenvalue weighted by Gasteiger charge is -2.06. The molecule has 4 heteroatoms. The monoisotopic (exact) mass is 262 g/mol. The van der Waals surface area contributed by atoms with Crippen molar-refractivity contribution in [1.82, 2.24) is 4.98 Å². The van der Waals surface area contributed by atoms with E-state index in [-0.39, 0.29) is 0 Å². The van der Waals surface area contributed by atoms with Gasteiger partial charge >= 0.3 is 0 Å². The molecule has 2 N–H and O–H groups in total. The van der Waals surface area contributed by atoms with E-state index in [9.17, 15) is 0 Å². The Balaban J connectivity index is 2.16. The molecule has 96 valence electrons. The van der Waals surface area contributed by atoms with Crippen LogP contribution in [-0.4, -0.2) is 18.1 Å². The van der Waals surface area contributed by atoms with Gasteiger partial charge in [-0.3, -0.25) is 0 Å². The van der Waals surface area contributed by atoms with Crippen molar-refractivity contribution in [2.75, 3.05) is 13.2 Å². The van der Waals surface area contributed by atoms with Gasteiger partial charge in [-0.25, -0.2) is 4.98 Å². The number of aryl methyl sites for hydroxylation is 2. The van der Waals surface area contributed by atoms with Crippen molar-refractivity contribution in [3.05, 3.63) is 34.8 Å². The minimum atomic E-state index is 0.657. The van der Waals surface area contributed by atoms with Gasteiger partial charge in [0.2, 0.25) is 0 Å². The van der Waals surface area contributed by atoms with Gasteiger partial charge < -0.3 is 10.5 Å². The third-order valence-corrected chi connectivity index (χ3v) is 3.85. The number of aromatic nitrogens is 1. The fourth-order valence-electron chi connectivity index (χ4n) is 1.59. The van der Waals surface area contributed by atoms with Crippen LogP contribution in [0.15, 0.2) is 24.3 Å². The van der Waals surface area contributed by atoms with Crippen LogP contribution in [0.3, 0.4) is 0 Å². The topological polar surface area (TPSA) is 48.1 Å². The molecular formula is C14H18N2OS. The Morgan fingerprint density at radius 2 is 2.17 bits per heavy atom. The standard InChI is InChI=1S/C14H18N2OS/c1-10-11(2)18-14(16-10)12-5-3-6-13(9-12)17-8-4-7-15/h3,5-6,9H,4,7-8,15H2,1-2H3. The van der Waals surface area contributed by atoms with Gasteiger partial charge in [0.25, 0.3) is 0 Å². The Hall–Kier alpha value is -1.39. The summed E-state index contributed by atoms with van der Waals surface area (Å²) in [4.78, 5) is 5.82. The van der Waals surface area contributed by atoms with Crippen LogP contribution in [0.2, 0.25) is 0 Å². The summed E-state index contributed by atoms with van der Waals surface area (Å²) < 4.78 is 5.64. The average Bonchev–Trinajstić information content (AvgIpc) is 2.71. The van der Waals surface area contributed by atoms with E-state index in [0.29, 0.717) is 13.2 Å². The Kier molecular flexibility index (Phi) is 4.33. The van der Waals surface area contributed by atoms with Gasteiger partial charge in [0.05, 0.1) is 12.3 Å². The van der Waals surface area contributed by atoms with Crippen LogP contribution >= 0.6 is 11.3 Å². The summed E-state index contributed by atoms with van der Waals surface area (Å²) in [6.07, 6.45) is 0.875. The molecule has 18 heavy (non-hydrogen) atoms. The summed E-state index contributed by atoms with van der Waals surface area (Å²) in [5.74, 6) is 0.881. The average molecular weight is 262 g/mol. The molecule has 2 rings (SSSR count). The predicted molar refractivity (Wildman–Crippen MR) is 76.2 cm³/mol. The van der Waals surface area contributed by atoms with Gasteiger partial charge in [-0.05, 0) is 38.9 Å². The first-order chi connectivity index (χ1) is 8.70. The van der Waals surface area contributed by atoms with Crippen LogP contribution in [0.1, 0.15) is 17.0 Å². The Bertz CT molecular complexity index is 503. The van der Waals surface area contributed by atoms with Crippen molar-refractivity contribution < 1.29 is 4.74 Å². The molecule has 3 nitrogen and oxygen atoms in total. The fraction of sp³-hybridized carbons (Fsp3) is 0.357. The first-order valence-electron chi connectivity index (χ1n) is 6.08. The van der Waals surface area contributed by atoms with Gasteiger partial charge in [0.15, 0.2) is 0 Å². The Labute approximate surface area is 112 Å². The smallest absolute Gasteiger partial charge is 0.123 e. The Morgan fingerprint density at radius 3 is 2.83 bits per heavy atom. The third kappa shape index (κ3) is 3.09. The molecule has 1 aromatic heterocycles. The zero-order valence-corrected chi connectivity index (χ0v) is 11.6. The molecule has 0 aliphatic rings. The van der Waals surface area contributed by atoms with Crippen LogP contribution in [-0.2, 0) is 0 Å². The molecule has 0 saturated carbocycles. The second-order valence-corrected chi connectivity index (χ2v) is 5.38. The quantitative estimate of drug-likeness (QED) is 0.842. The minimum Gasteiger partial charge on any atom is -0.494 e. The van der Waals surface area contributed by atoms with Gasteiger partial charge in [-0.15, -0.1) is 11.3 Å². The molecule has 0 unspecified atom stereocenters. The van der Waals surface area contributed by atoms with Crippen LogP contribution in [0, 0.1) is 13.8 Å². The van der Waals surface area contributed by atoms with Gasteiger partial charge in [-0.1, -0.05) is 12.1 Å². The van der Waals surface area contributed by atoms with E-state index >= 15 is 0 Å². The maximum Gasteiger partial charge on any atom is 0.123 e. The van der Waals surface area contributed by atoms with Crippen molar-refractivity contribution in [2.45, 2.75) is 20.3 Å². The number of nitrogens with zero attached hydrogens (tertiary/aromatic N) is 1. The van der Waals surface area contributed by atoms with E-state index in [1.807, 2.05) is 25.1 Å². The molecule has 0 atom stereocenters. The highest BCUT2D eigenvalue weighted by Gasteiger charge is 2.07. The summed E-state index contributed by atoms with van der Waals surface area (Å²) in [6, 6.07) is 8.06. The van der Waals surface area contributed by atoms with Crippen LogP contribution in [0.5, 0.6) is 5.75 Å². The number of hydrogen-bond acceptors (Lipinski definition) is 4. The molecule has 0 amide bonds. The Morgan fingerprint density at radius 1 is 1.33 bits per heavy atom. The molecule has 0 fully saturated rings. The fourth-order valence-corrected chi connectivity index (χ4v) is 2.50. The van der Waals surface area contributed by atoms with Gasteiger partial charge in [-0.2, -0.15) is 0 Å². The molecule has 0 aliphatic heterocycles. The van der Waals surface area contributed by atoms with Crippen molar-refractivity contribution in [1.29, 1.82) is 0 Å². The zero-order chi connectivity index (χ0) is 13.0. The highest BCUT2D eigenvalue weighted by atomic mass is 32.1. The maximum absolute atomic E-state index is 5.64. The molecular weight excluding hydrogens is 244 g/mol. The first kappa shape index (κ1) is 13.1. The first-order valence-corrected chi connectivity index (χ1v) is 6.89. The number of ether oxygens (including phenoxy) is 1. The summed E-state index contributed by atoms with van der Waals surface area (Å²) in [6.45, 7) is 5.45. The maximum atomic E-state index is 5.64. The number of rotatable bonds is 5. The lowest BCUT2D eigenvalue weighted by Crippen LogP contribution is -2.05. The molecule has 0 bridgehead atoms. The number of thiazole rings is 1. The van der Waals surface area contributed by atoms with E-state index in [1.165, 1.54) is 4.88 Å². The molecule has 0 radical (unpaired) electrons. The summed E-state index contributed by atoms with van der Waals surface area (Å²) in [7, 11) is 0. The second-order valence-electron chi connectivity index (χ2n) is 4.18. The lowest BCUT2D eigenvalue weighted by atomic mass is 10.2. The van der Waals surface area contributed by atoms with Gasteiger partial charge in [0.1, 0.15) is 10.8 Å². The second kappa shape index (κ2) is 5.98. The van der Waals surface area contributed by atoms with Crippen molar-refractivity contribution in [3.8, 4) is 16.3 Å². The summed E-state index contributed by atoms with van der Waals surface area (Å²) in [5.41, 5.74) is 7.66. The van der Waals surface area contributed by atoms with Crippen molar-refractivity contribution in [3.63, 3.8) is 0 Å². The third-order valence-electron chi connectivity index (χ3n) is 2.73. The molecule has 2 aromatic rings. The van der Waals surface area contributed by atoms with Crippen LogP contribution in [0.25, 0.3) is 10.6 Å². The normalized spacial score (nSPS) is 10.6. The van der Waals surface area contributed by atoms with E-state index in [0.717, 1.165) is 28.4 Å². The van der Waals surface area contributed by atoms with E-state index in [1.54, 1.807) is 11.3 Å². The van der Waals surface area contributed by atoms with E-state index < -0.39 is 0 Å². The SMILES string of the molecule is Cc1nc(-c2cccc(OCCCN)c2)sc1C. The number of benzene rings is 1. The highest BCUT2D eigenvalue weighted by Crippen LogP contribution is 2.29. The minimum absolute atomic E-state index is 0.657. The predicted octanol–water partition coefficient (Wildman–Crippen LogP) is 3.15. The largest absolute Gasteiger partial charge is 0.494 e. The number of hydrogen-bond donors (Lipinski definition) is 1. The molecule has 0 saturated heterocycles. The molecule has 0 aliphatic carbocycles. The summed E-state index contributed by atoms with van der Waals surface area (Å²) >= 11 is 1.72. The number of nitrogens with two attached hydrogens (primary N) is 1. The molecule has 1 aromatic carbocycles. The van der Waals surface area contributed by atoms with Crippen LogP contribution in [0.4, 0.5) is 0 Å². The highest BCUT2D eigenvalue weighted by molar-refractivity contribution is 7.15. The van der Waals surface area contributed by atoms with Crippen molar-refractivity contribution >= 4 is 11.3 Å². The van der Waals surface area contributed by atoms with Gasteiger partial charge in [0, 0.05) is 10.4 Å². The zero-order valence-electron chi connectivity index (χ0n) is 10.8. The van der Waals surface area contributed by atoms with E-state index in [4.69, 9.17) is 10.5 Å². The van der Waals surface area contributed by atoms with E-state index in [2.05, 4.69) is 18.0 Å². The lowest BCUT2D eigenvalue weighted by molar-refractivity contribution is 0.313. The van der Waals surface area contributed by atoms with Crippen molar-refractivity contribution in [2.24, 2.45) is 5.73 Å². The van der Waals surface area contributed by atoms with Crippen LogP contribution < -0.4 is 10.5 Å². The summed E-state index contributed by atoms with van der Waals surface area (Å²) in [5, 5.41) is 1.05. The molecule has 1 heterocycles.